The van der Waals surface area contributed by atoms with E-state index in [1.165, 1.54) is 19.3 Å². The minimum absolute atomic E-state index is 0. The van der Waals surface area contributed by atoms with Gasteiger partial charge in [-0.15, -0.1) is 24.0 Å². The van der Waals surface area contributed by atoms with Crippen LogP contribution in [0, 0.1) is 0 Å². The van der Waals surface area contributed by atoms with Gasteiger partial charge in [-0.25, -0.2) is 4.99 Å². The summed E-state index contributed by atoms with van der Waals surface area (Å²) in [7, 11) is 1.65. The molecule has 3 unspecified atom stereocenters. The predicted octanol–water partition coefficient (Wildman–Crippen LogP) is 3.92. The lowest BCUT2D eigenvalue weighted by atomic mass is 10.2. The smallest absolute Gasteiger partial charge is 0.191 e. The first-order chi connectivity index (χ1) is 12.2. The SMILES string of the molecule is CCNC(=NCC(C)Oc1ccccc1OC)NC1CCC(SC)C1.I. The topological polar surface area (TPSA) is 54.9 Å². The van der Waals surface area contributed by atoms with Gasteiger partial charge in [0.1, 0.15) is 6.10 Å². The van der Waals surface area contributed by atoms with E-state index in [-0.39, 0.29) is 30.1 Å². The van der Waals surface area contributed by atoms with Crippen LogP contribution in [0.15, 0.2) is 29.3 Å². The molecule has 0 radical (unpaired) electrons. The molecule has 2 rings (SSSR count). The van der Waals surface area contributed by atoms with Crippen LogP contribution in [0.3, 0.4) is 0 Å². The number of thioether (sulfide) groups is 1. The van der Waals surface area contributed by atoms with E-state index in [9.17, 15) is 0 Å². The number of rotatable bonds is 8. The number of nitrogens with one attached hydrogen (secondary N) is 2. The average Bonchev–Trinajstić information content (AvgIpc) is 3.08. The number of halogens is 1. The molecule has 26 heavy (non-hydrogen) atoms. The maximum Gasteiger partial charge on any atom is 0.191 e. The van der Waals surface area contributed by atoms with Crippen LogP contribution in [-0.2, 0) is 0 Å². The Bertz CT molecular complexity index is 559. The third-order valence-electron chi connectivity index (χ3n) is 4.31. The first-order valence-corrected chi connectivity index (χ1v) is 10.3. The molecule has 1 aromatic rings. The summed E-state index contributed by atoms with van der Waals surface area (Å²) >= 11 is 1.97. The Morgan fingerprint density at radius 3 is 2.65 bits per heavy atom. The quantitative estimate of drug-likeness (QED) is 0.327. The Morgan fingerprint density at radius 2 is 2.04 bits per heavy atom. The Labute approximate surface area is 179 Å². The van der Waals surface area contributed by atoms with Gasteiger partial charge in [-0.05, 0) is 51.5 Å². The minimum Gasteiger partial charge on any atom is -0.493 e. The van der Waals surface area contributed by atoms with Gasteiger partial charge in [0.2, 0.25) is 0 Å². The zero-order valence-electron chi connectivity index (χ0n) is 16.2. The molecular weight excluding hydrogens is 461 g/mol. The average molecular weight is 493 g/mol. The van der Waals surface area contributed by atoms with Crippen molar-refractivity contribution in [3.8, 4) is 11.5 Å². The summed E-state index contributed by atoms with van der Waals surface area (Å²) in [6.07, 6.45) is 5.87. The largest absolute Gasteiger partial charge is 0.493 e. The van der Waals surface area contributed by atoms with E-state index in [0.717, 1.165) is 29.3 Å². The molecule has 7 heteroatoms. The Balaban J connectivity index is 0.00000338. The summed E-state index contributed by atoms with van der Waals surface area (Å²) in [6.45, 7) is 5.56. The summed E-state index contributed by atoms with van der Waals surface area (Å²) < 4.78 is 11.3. The zero-order chi connectivity index (χ0) is 18.1. The molecule has 1 saturated carbocycles. The van der Waals surface area contributed by atoms with Crippen molar-refractivity contribution in [3.63, 3.8) is 0 Å². The molecule has 1 aromatic carbocycles. The van der Waals surface area contributed by atoms with Gasteiger partial charge >= 0.3 is 0 Å². The van der Waals surface area contributed by atoms with E-state index in [4.69, 9.17) is 14.5 Å². The Hall–Kier alpha value is -0.830. The van der Waals surface area contributed by atoms with Crippen LogP contribution in [-0.4, -0.2) is 49.8 Å². The summed E-state index contributed by atoms with van der Waals surface area (Å²) in [5.74, 6) is 2.38. The number of para-hydroxylation sites is 2. The third kappa shape index (κ3) is 7.42. The van der Waals surface area contributed by atoms with Gasteiger partial charge in [0.25, 0.3) is 0 Å². The van der Waals surface area contributed by atoms with Crippen molar-refractivity contribution in [2.45, 2.75) is 50.5 Å². The molecule has 1 aliphatic rings. The summed E-state index contributed by atoms with van der Waals surface area (Å²) in [4.78, 5) is 4.70. The van der Waals surface area contributed by atoms with Gasteiger partial charge in [-0.1, -0.05) is 12.1 Å². The second-order valence-corrected chi connectivity index (χ2v) is 7.45. The Morgan fingerprint density at radius 1 is 1.31 bits per heavy atom. The fourth-order valence-corrected chi connectivity index (χ4v) is 3.79. The van der Waals surface area contributed by atoms with Crippen molar-refractivity contribution in [2.75, 3.05) is 26.5 Å². The molecular formula is C19H32IN3O2S. The molecule has 1 fully saturated rings. The van der Waals surface area contributed by atoms with Crippen LogP contribution in [0.25, 0.3) is 0 Å². The maximum atomic E-state index is 5.98. The molecule has 5 nitrogen and oxygen atoms in total. The number of hydrogen-bond donors (Lipinski definition) is 2. The van der Waals surface area contributed by atoms with E-state index in [1.807, 2.05) is 43.0 Å². The molecule has 148 valence electrons. The van der Waals surface area contributed by atoms with Gasteiger partial charge < -0.3 is 20.1 Å². The molecule has 0 amide bonds. The molecule has 3 atom stereocenters. The standard InChI is InChI=1S/C19H31N3O2S.HI/c1-5-20-19(22-15-10-11-16(12-15)25-4)21-13-14(2)24-18-9-7-6-8-17(18)23-3;/h6-9,14-16H,5,10-13H2,1-4H3,(H2,20,21,22);1H. The van der Waals surface area contributed by atoms with Crippen LogP contribution >= 0.6 is 35.7 Å². The van der Waals surface area contributed by atoms with Crippen LogP contribution < -0.4 is 20.1 Å². The maximum absolute atomic E-state index is 5.98. The zero-order valence-corrected chi connectivity index (χ0v) is 19.3. The molecule has 0 spiro atoms. The summed E-state index contributed by atoms with van der Waals surface area (Å²) in [6, 6.07) is 8.22. The van der Waals surface area contributed by atoms with Gasteiger partial charge in [0.15, 0.2) is 17.5 Å². The third-order valence-corrected chi connectivity index (χ3v) is 5.40. The summed E-state index contributed by atoms with van der Waals surface area (Å²) in [5.41, 5.74) is 0. The highest BCUT2D eigenvalue weighted by Crippen LogP contribution is 2.28. The van der Waals surface area contributed by atoms with Gasteiger partial charge in [0.05, 0.1) is 13.7 Å². The molecule has 2 N–H and O–H groups in total. The highest BCUT2D eigenvalue weighted by atomic mass is 127. The van der Waals surface area contributed by atoms with Crippen molar-refractivity contribution >= 4 is 41.7 Å². The van der Waals surface area contributed by atoms with Gasteiger partial charge in [-0.3, -0.25) is 0 Å². The molecule has 0 heterocycles. The summed E-state index contributed by atoms with van der Waals surface area (Å²) in [5, 5.41) is 7.68. The fourth-order valence-electron chi connectivity index (χ4n) is 2.99. The molecule has 0 saturated heterocycles. The predicted molar refractivity (Wildman–Crippen MR) is 123 cm³/mol. The van der Waals surface area contributed by atoms with Crippen LogP contribution in [0.1, 0.15) is 33.1 Å². The van der Waals surface area contributed by atoms with Crippen molar-refractivity contribution in [3.05, 3.63) is 24.3 Å². The normalized spacial score (nSPS) is 20.8. The second kappa shape index (κ2) is 12.5. The Kier molecular flexibility index (Phi) is 11.2. The number of hydrogen-bond acceptors (Lipinski definition) is 4. The van der Waals surface area contributed by atoms with Crippen molar-refractivity contribution in [1.82, 2.24) is 10.6 Å². The highest BCUT2D eigenvalue weighted by molar-refractivity contribution is 14.0. The number of aliphatic imine (C=N–C) groups is 1. The number of guanidine groups is 1. The second-order valence-electron chi connectivity index (χ2n) is 6.31. The molecule has 0 bridgehead atoms. The van der Waals surface area contributed by atoms with Crippen LogP contribution in [0.4, 0.5) is 0 Å². The lowest BCUT2D eigenvalue weighted by Crippen LogP contribution is -2.43. The monoisotopic (exact) mass is 493 g/mol. The molecule has 0 aromatic heterocycles. The number of methoxy groups -OCH3 is 1. The van der Waals surface area contributed by atoms with Crippen molar-refractivity contribution in [1.29, 1.82) is 0 Å². The van der Waals surface area contributed by atoms with Crippen LogP contribution in [0.2, 0.25) is 0 Å². The van der Waals surface area contributed by atoms with Crippen molar-refractivity contribution in [2.24, 2.45) is 4.99 Å². The minimum atomic E-state index is -0.0331. The van der Waals surface area contributed by atoms with Crippen molar-refractivity contribution < 1.29 is 9.47 Å². The number of nitrogens with zero attached hydrogens (tertiary/aromatic N) is 1. The highest BCUT2D eigenvalue weighted by Gasteiger charge is 2.24. The number of ether oxygens (including phenoxy) is 2. The fraction of sp³-hybridized carbons (Fsp3) is 0.632. The first-order valence-electron chi connectivity index (χ1n) is 9.03. The number of benzene rings is 1. The lowest BCUT2D eigenvalue weighted by Gasteiger charge is -2.19. The van der Waals surface area contributed by atoms with Gasteiger partial charge in [-0.2, -0.15) is 11.8 Å². The molecule has 0 aliphatic heterocycles. The van der Waals surface area contributed by atoms with E-state index in [2.05, 4.69) is 23.8 Å². The van der Waals surface area contributed by atoms with E-state index >= 15 is 0 Å². The van der Waals surface area contributed by atoms with E-state index < -0.39 is 0 Å². The van der Waals surface area contributed by atoms with E-state index in [0.29, 0.717) is 12.6 Å². The first kappa shape index (κ1) is 23.2. The van der Waals surface area contributed by atoms with E-state index in [1.54, 1.807) is 7.11 Å². The van der Waals surface area contributed by atoms with Gasteiger partial charge in [0, 0.05) is 17.8 Å². The molecule has 1 aliphatic carbocycles. The lowest BCUT2D eigenvalue weighted by molar-refractivity contribution is 0.219. The van der Waals surface area contributed by atoms with Crippen LogP contribution in [0.5, 0.6) is 11.5 Å².